The number of amides is 2. The van der Waals surface area contributed by atoms with Gasteiger partial charge in [0.25, 0.3) is 5.91 Å². The minimum absolute atomic E-state index is 0.123. The second kappa shape index (κ2) is 15.5. The normalized spacial score (nSPS) is 35.2. The Kier molecular flexibility index (Phi) is 12.3. The second-order valence-corrected chi connectivity index (χ2v) is 13.6. The molecule has 10 atom stereocenters. The van der Waals surface area contributed by atoms with E-state index in [1.807, 2.05) is 13.0 Å². The van der Waals surface area contributed by atoms with Crippen molar-refractivity contribution < 1.29 is 48.6 Å². The molecule has 0 bridgehead atoms. The topological polar surface area (TPSA) is 203 Å². The van der Waals surface area contributed by atoms with E-state index in [4.69, 9.17) is 29.4 Å². The summed E-state index contributed by atoms with van der Waals surface area (Å²) in [6, 6.07) is -1.59. The number of allylic oxidation sites excluding steroid dienone is 1. The standard InChI is InChI=1S/C30H52N4O10/c1-16-10-21(35)28(40-15-16)43-26-20(34-27(38)22(36)14-33-29(39)44-30(2,3)4)11-19(31)25(24(26)37)42-23-7-5-6-18(41-23)13-32-12-17-8-9-17/h6,16-17,19-26,28,32,35-37H,5,7-15,31H2,1-4H3,(H,33,39)(H,34,38)/t16-,19-,20+,21+,22+,23+,24-,25+,26-,28+/m0/s1. The van der Waals surface area contributed by atoms with Gasteiger partial charge in [0, 0.05) is 12.5 Å². The fraction of sp³-hybridized carbons (Fsp3) is 0.867. The molecule has 252 valence electrons. The van der Waals surface area contributed by atoms with Gasteiger partial charge in [-0.25, -0.2) is 4.79 Å². The fourth-order valence-corrected chi connectivity index (χ4v) is 5.61. The molecular formula is C30H52N4O10. The van der Waals surface area contributed by atoms with Crippen LogP contribution in [-0.2, 0) is 28.5 Å². The van der Waals surface area contributed by atoms with Gasteiger partial charge in [-0.1, -0.05) is 6.92 Å². The van der Waals surface area contributed by atoms with Gasteiger partial charge >= 0.3 is 6.09 Å². The van der Waals surface area contributed by atoms with Crippen LogP contribution in [0.4, 0.5) is 4.79 Å². The first-order valence-corrected chi connectivity index (χ1v) is 15.8. The van der Waals surface area contributed by atoms with E-state index < -0.39 is 79.3 Å². The number of hydrogen-bond acceptors (Lipinski definition) is 12. The molecule has 4 aliphatic rings. The lowest BCUT2D eigenvalue weighted by Crippen LogP contribution is -2.66. The molecule has 4 rings (SSSR count). The monoisotopic (exact) mass is 628 g/mol. The lowest BCUT2D eigenvalue weighted by atomic mass is 9.83. The molecule has 0 unspecified atom stereocenters. The number of rotatable bonds is 12. The van der Waals surface area contributed by atoms with Crippen LogP contribution in [0.15, 0.2) is 11.8 Å². The van der Waals surface area contributed by atoms with Crippen molar-refractivity contribution in [2.45, 2.75) is 127 Å². The number of carbonyl (C=O) groups is 2. The van der Waals surface area contributed by atoms with Crippen LogP contribution in [0.25, 0.3) is 0 Å². The highest BCUT2D eigenvalue weighted by Gasteiger charge is 2.48. The highest BCUT2D eigenvalue weighted by Crippen LogP contribution is 2.31. The average molecular weight is 629 g/mol. The van der Waals surface area contributed by atoms with Crippen molar-refractivity contribution in [3.63, 3.8) is 0 Å². The summed E-state index contributed by atoms with van der Waals surface area (Å²) in [7, 11) is 0. The summed E-state index contributed by atoms with van der Waals surface area (Å²) >= 11 is 0. The third-order valence-corrected chi connectivity index (χ3v) is 8.08. The summed E-state index contributed by atoms with van der Waals surface area (Å²) in [4.78, 5) is 24.9. The molecule has 0 aromatic heterocycles. The van der Waals surface area contributed by atoms with Crippen LogP contribution in [0.3, 0.4) is 0 Å². The Morgan fingerprint density at radius 3 is 2.57 bits per heavy atom. The van der Waals surface area contributed by atoms with Crippen LogP contribution in [0.5, 0.6) is 0 Å². The van der Waals surface area contributed by atoms with E-state index in [-0.39, 0.29) is 12.3 Å². The molecule has 8 N–H and O–H groups in total. The average Bonchev–Trinajstić information content (AvgIpc) is 3.76. The molecule has 0 radical (unpaired) electrons. The van der Waals surface area contributed by atoms with Gasteiger partial charge < -0.3 is 60.7 Å². The third-order valence-electron chi connectivity index (χ3n) is 8.08. The summed E-state index contributed by atoms with van der Waals surface area (Å²) in [5.41, 5.74) is 5.75. The lowest BCUT2D eigenvalue weighted by Gasteiger charge is -2.46. The second-order valence-electron chi connectivity index (χ2n) is 13.6. The summed E-state index contributed by atoms with van der Waals surface area (Å²) in [6.45, 7) is 8.54. The summed E-state index contributed by atoms with van der Waals surface area (Å²) in [5.74, 6) is 0.837. The molecule has 0 spiro atoms. The van der Waals surface area contributed by atoms with Crippen LogP contribution >= 0.6 is 0 Å². The van der Waals surface area contributed by atoms with E-state index in [9.17, 15) is 24.9 Å². The van der Waals surface area contributed by atoms with E-state index in [1.165, 1.54) is 12.8 Å². The van der Waals surface area contributed by atoms with E-state index in [2.05, 4.69) is 16.0 Å². The first-order valence-electron chi connectivity index (χ1n) is 15.8. The highest BCUT2D eigenvalue weighted by molar-refractivity contribution is 5.81. The minimum atomic E-state index is -1.61. The number of carbonyl (C=O) groups excluding carboxylic acids is 2. The molecule has 44 heavy (non-hydrogen) atoms. The number of nitrogens with two attached hydrogens (primary N) is 1. The Balaban J connectivity index is 1.38. The molecule has 0 aromatic carbocycles. The highest BCUT2D eigenvalue weighted by atomic mass is 16.7. The van der Waals surface area contributed by atoms with Gasteiger partial charge in [0.05, 0.1) is 25.7 Å². The van der Waals surface area contributed by atoms with Gasteiger partial charge in [0.15, 0.2) is 12.6 Å². The lowest BCUT2D eigenvalue weighted by molar-refractivity contribution is -0.282. The molecule has 14 nitrogen and oxygen atoms in total. The molecule has 3 fully saturated rings. The van der Waals surface area contributed by atoms with Gasteiger partial charge in [-0.2, -0.15) is 0 Å². The predicted octanol–water partition coefficient (Wildman–Crippen LogP) is -0.0175. The van der Waals surface area contributed by atoms with Crippen molar-refractivity contribution in [3.8, 4) is 0 Å². The first-order chi connectivity index (χ1) is 20.8. The SMILES string of the molecule is C[C@@H]1CO[C@H](O[C@@H]2[C@@H](O)[C@H](O[C@@H]3CCC=C(CNCC4CC4)O3)[C@@H](N)C[C@H]2NC(=O)[C@H](O)CNC(=O)OC(C)(C)C)[C@H](O)C1. The van der Waals surface area contributed by atoms with Crippen LogP contribution in [0.1, 0.15) is 66.2 Å². The zero-order valence-electron chi connectivity index (χ0n) is 26.3. The molecular weight excluding hydrogens is 576 g/mol. The zero-order chi connectivity index (χ0) is 32.0. The number of aliphatic hydroxyl groups excluding tert-OH is 3. The van der Waals surface area contributed by atoms with Gasteiger partial charge in [0.2, 0.25) is 0 Å². The molecule has 1 saturated heterocycles. The van der Waals surface area contributed by atoms with Crippen LogP contribution in [0.2, 0.25) is 0 Å². The summed E-state index contributed by atoms with van der Waals surface area (Å²) < 4.78 is 29.3. The van der Waals surface area contributed by atoms with Crippen molar-refractivity contribution in [3.05, 3.63) is 11.8 Å². The first kappa shape index (κ1) is 34.8. The Bertz CT molecular complexity index is 989. The van der Waals surface area contributed by atoms with Crippen LogP contribution in [0, 0.1) is 11.8 Å². The van der Waals surface area contributed by atoms with E-state index in [0.29, 0.717) is 26.0 Å². The number of alkyl carbamates (subject to hydrolysis) is 1. The fourth-order valence-electron chi connectivity index (χ4n) is 5.61. The molecule has 2 aliphatic heterocycles. The number of hydrogen-bond donors (Lipinski definition) is 7. The Morgan fingerprint density at radius 2 is 1.89 bits per heavy atom. The van der Waals surface area contributed by atoms with Gasteiger partial charge in [0.1, 0.15) is 41.9 Å². The Morgan fingerprint density at radius 1 is 1.14 bits per heavy atom. The predicted molar refractivity (Wildman–Crippen MR) is 158 cm³/mol. The van der Waals surface area contributed by atoms with E-state index >= 15 is 0 Å². The molecule has 2 heterocycles. The van der Waals surface area contributed by atoms with Gasteiger partial charge in [-0.05, 0) is 77.3 Å². The maximum atomic E-state index is 13.0. The zero-order valence-corrected chi connectivity index (χ0v) is 26.3. The maximum Gasteiger partial charge on any atom is 0.407 e. The van der Waals surface area contributed by atoms with Crippen molar-refractivity contribution in [1.29, 1.82) is 0 Å². The minimum Gasteiger partial charge on any atom is -0.468 e. The van der Waals surface area contributed by atoms with Crippen molar-refractivity contribution in [2.75, 3.05) is 26.2 Å². The summed E-state index contributed by atoms with van der Waals surface area (Å²) in [6.07, 6.45) is -1.92. The summed E-state index contributed by atoms with van der Waals surface area (Å²) in [5, 5.41) is 41.1. The number of aliphatic hydroxyl groups is 3. The molecule has 2 amide bonds. The smallest absolute Gasteiger partial charge is 0.407 e. The Labute approximate surface area is 259 Å². The largest absolute Gasteiger partial charge is 0.468 e. The molecule has 2 saturated carbocycles. The molecule has 2 aliphatic carbocycles. The number of ether oxygens (including phenoxy) is 5. The Hall–Kier alpha value is -2.04. The van der Waals surface area contributed by atoms with Gasteiger partial charge in [-0.15, -0.1) is 0 Å². The third kappa shape index (κ3) is 10.5. The maximum absolute atomic E-state index is 13.0. The van der Waals surface area contributed by atoms with E-state index in [0.717, 1.165) is 24.6 Å². The van der Waals surface area contributed by atoms with Crippen LogP contribution in [-0.4, -0.2) is 114 Å². The molecule has 14 heteroatoms. The van der Waals surface area contributed by atoms with Crippen LogP contribution < -0.4 is 21.7 Å². The van der Waals surface area contributed by atoms with Crippen molar-refractivity contribution in [1.82, 2.24) is 16.0 Å². The van der Waals surface area contributed by atoms with Crippen molar-refractivity contribution >= 4 is 12.0 Å². The number of nitrogens with one attached hydrogen (secondary N) is 3. The van der Waals surface area contributed by atoms with Crippen molar-refractivity contribution in [2.24, 2.45) is 17.6 Å². The van der Waals surface area contributed by atoms with E-state index in [1.54, 1.807) is 20.8 Å². The molecule has 0 aromatic rings. The van der Waals surface area contributed by atoms with Gasteiger partial charge in [-0.3, -0.25) is 4.79 Å². The quantitative estimate of drug-likeness (QED) is 0.152.